The van der Waals surface area contributed by atoms with Crippen LogP contribution < -0.4 is 29.6 Å². The van der Waals surface area contributed by atoms with Gasteiger partial charge in [0.2, 0.25) is 0 Å². The van der Waals surface area contributed by atoms with Gasteiger partial charge in [-0.25, -0.2) is 0 Å². The summed E-state index contributed by atoms with van der Waals surface area (Å²) in [4.78, 5) is 0. The molecule has 0 aromatic rings. The van der Waals surface area contributed by atoms with Crippen LogP contribution in [-0.4, -0.2) is 17.5 Å². The molecule has 0 aromatic carbocycles. The van der Waals surface area contributed by atoms with Crippen molar-refractivity contribution in [2.75, 3.05) is 0 Å². The zero-order chi connectivity index (χ0) is 16.6. The summed E-state index contributed by atoms with van der Waals surface area (Å²) in [6.45, 7) is 8.52. The Morgan fingerprint density at radius 2 is 1.09 bits per heavy atom. The van der Waals surface area contributed by atoms with Crippen molar-refractivity contribution in [3.63, 3.8) is 0 Å². The van der Waals surface area contributed by atoms with Crippen LogP contribution in [0.25, 0.3) is 0 Å². The van der Waals surface area contributed by atoms with Gasteiger partial charge in [0, 0.05) is 0 Å². The van der Waals surface area contributed by atoms with E-state index >= 15 is 0 Å². The molecular weight excluding hydrogens is 311 g/mol. The summed E-state index contributed by atoms with van der Waals surface area (Å²) < 4.78 is 31.6. The minimum atomic E-state index is -4.67. The average Bonchev–Trinajstić information content (AvgIpc) is 2.33. The molecule has 22 heavy (non-hydrogen) atoms. The van der Waals surface area contributed by atoms with E-state index in [9.17, 15) is 0 Å². The van der Waals surface area contributed by atoms with E-state index < -0.39 is 10.4 Å². The molecular formula is C16H35NaO4S. The van der Waals surface area contributed by atoms with Crippen molar-refractivity contribution in [3.8, 4) is 0 Å². The first-order chi connectivity index (χ1) is 9.77. The molecule has 0 rings (SSSR count). The first kappa shape index (κ1) is 27.7. The first-order valence-electron chi connectivity index (χ1n) is 8.30. The van der Waals surface area contributed by atoms with E-state index in [1.807, 2.05) is 0 Å². The number of rotatable bonds is 12. The van der Waals surface area contributed by atoms with E-state index in [2.05, 4.69) is 20.8 Å². The Morgan fingerprint density at radius 1 is 0.818 bits per heavy atom. The van der Waals surface area contributed by atoms with Crippen LogP contribution in [0.1, 0.15) is 90.9 Å². The van der Waals surface area contributed by atoms with Crippen molar-refractivity contribution in [2.45, 2.75) is 90.9 Å². The summed E-state index contributed by atoms with van der Waals surface area (Å²) in [5.74, 6) is 0.651. The maximum Gasteiger partial charge on any atom is 1.00 e. The Kier molecular flexibility index (Phi) is 25.1. The normalized spacial score (nSPS) is 12.0. The minimum absolute atomic E-state index is 0. The van der Waals surface area contributed by atoms with Gasteiger partial charge in [-0.2, -0.15) is 14.3 Å². The summed E-state index contributed by atoms with van der Waals surface area (Å²) in [6.07, 6.45) is 17.2. The van der Waals surface area contributed by atoms with Gasteiger partial charge in [0.15, 0.2) is 0 Å². The summed E-state index contributed by atoms with van der Waals surface area (Å²) in [7, 11) is -4.67. The Hall–Kier alpha value is 0.870. The quantitative estimate of drug-likeness (QED) is 0.246. The molecule has 1 atom stereocenters. The fraction of sp³-hybridized carbons (Fsp3) is 0.938. The second-order valence-electron chi connectivity index (χ2n) is 5.88. The molecule has 0 radical (unpaired) electrons. The van der Waals surface area contributed by atoms with Crippen molar-refractivity contribution in [1.82, 2.24) is 0 Å². The molecule has 0 saturated carbocycles. The molecule has 1 unspecified atom stereocenters. The summed E-state index contributed by atoms with van der Waals surface area (Å²) in [5, 5.41) is 0. The topological polar surface area (TPSA) is 74.6 Å². The molecule has 0 aliphatic rings. The molecule has 0 bridgehead atoms. The van der Waals surface area contributed by atoms with E-state index in [0.717, 1.165) is 0 Å². The third kappa shape index (κ3) is 42.8. The zero-order valence-corrected chi connectivity index (χ0v) is 17.7. The van der Waals surface area contributed by atoms with Gasteiger partial charge in [-0.3, -0.25) is 9.11 Å². The maximum atomic E-state index is 8.74. The van der Waals surface area contributed by atoms with Crippen molar-refractivity contribution >= 4 is 10.4 Å². The van der Waals surface area contributed by atoms with Crippen LogP contribution in [0.15, 0.2) is 0 Å². The molecule has 130 valence electrons. The average molecular weight is 347 g/mol. The van der Waals surface area contributed by atoms with Gasteiger partial charge in [0.1, 0.15) is 0 Å². The molecule has 0 amide bonds. The van der Waals surface area contributed by atoms with E-state index in [1.165, 1.54) is 77.0 Å². The third-order valence-electron chi connectivity index (χ3n) is 3.30. The summed E-state index contributed by atoms with van der Waals surface area (Å²) in [6, 6.07) is 0. The molecule has 0 aliphatic heterocycles. The minimum Gasteiger partial charge on any atom is -0.341 e. The van der Waals surface area contributed by atoms with Gasteiger partial charge in [-0.05, 0) is 0 Å². The standard InChI is InChI=1S/C16H33.Na.H2O4S/c1-4-5-6-7-8-9-10-11-12-13-14-15-16(2)3;;1-5(2,3)4/h16H,2,4-15H2,1,3H3;;(H2,1,2,3,4)/q-1;+1;. The Morgan fingerprint density at radius 3 is 1.36 bits per heavy atom. The Balaban J connectivity index is -0.000000520. The van der Waals surface area contributed by atoms with E-state index in [0.29, 0.717) is 5.92 Å². The molecule has 0 fully saturated rings. The van der Waals surface area contributed by atoms with Crippen LogP contribution >= 0.6 is 0 Å². The fourth-order valence-corrected chi connectivity index (χ4v) is 2.16. The molecule has 2 N–H and O–H groups in total. The zero-order valence-electron chi connectivity index (χ0n) is 14.9. The Bertz CT molecular complexity index is 285. The largest absolute Gasteiger partial charge is 1.00 e. The number of hydrogen-bond donors (Lipinski definition) is 2. The maximum absolute atomic E-state index is 8.74. The van der Waals surface area contributed by atoms with E-state index in [4.69, 9.17) is 17.5 Å². The number of hydrogen-bond acceptors (Lipinski definition) is 2. The summed E-state index contributed by atoms with van der Waals surface area (Å²) in [5.41, 5.74) is 0. The van der Waals surface area contributed by atoms with Crippen LogP contribution in [0.3, 0.4) is 0 Å². The molecule has 6 heteroatoms. The van der Waals surface area contributed by atoms with E-state index in [1.54, 1.807) is 0 Å². The van der Waals surface area contributed by atoms with Crippen molar-refractivity contribution < 1.29 is 47.1 Å². The molecule has 0 spiro atoms. The first-order valence-corrected chi connectivity index (χ1v) is 9.70. The van der Waals surface area contributed by atoms with Gasteiger partial charge in [-0.1, -0.05) is 90.9 Å². The second-order valence-corrected chi connectivity index (χ2v) is 6.77. The van der Waals surface area contributed by atoms with E-state index in [-0.39, 0.29) is 29.6 Å². The van der Waals surface area contributed by atoms with Gasteiger partial charge in [0.25, 0.3) is 0 Å². The van der Waals surface area contributed by atoms with Gasteiger partial charge in [0.05, 0.1) is 0 Å². The smallest absolute Gasteiger partial charge is 0.341 e. The molecule has 0 heterocycles. The van der Waals surface area contributed by atoms with Gasteiger partial charge in [-0.15, -0.1) is 0 Å². The van der Waals surface area contributed by atoms with Crippen molar-refractivity contribution in [1.29, 1.82) is 0 Å². The number of unbranched alkanes of at least 4 members (excludes halogenated alkanes) is 10. The molecule has 4 nitrogen and oxygen atoms in total. The van der Waals surface area contributed by atoms with Crippen LogP contribution in [0.5, 0.6) is 0 Å². The van der Waals surface area contributed by atoms with Crippen LogP contribution in [0.2, 0.25) is 0 Å². The molecule has 0 aromatic heterocycles. The van der Waals surface area contributed by atoms with Crippen LogP contribution in [0.4, 0.5) is 0 Å². The van der Waals surface area contributed by atoms with Crippen molar-refractivity contribution in [3.05, 3.63) is 6.92 Å². The predicted molar refractivity (Wildman–Crippen MR) is 89.8 cm³/mol. The van der Waals surface area contributed by atoms with Crippen molar-refractivity contribution in [2.24, 2.45) is 5.92 Å². The van der Waals surface area contributed by atoms with Gasteiger partial charge < -0.3 is 6.92 Å². The van der Waals surface area contributed by atoms with Crippen LogP contribution in [-0.2, 0) is 10.4 Å². The predicted octanol–water partition coefficient (Wildman–Crippen LogP) is 2.51. The molecule has 0 saturated heterocycles. The second kappa shape index (κ2) is 19.9. The Labute approximate surface area is 160 Å². The molecule has 0 aliphatic carbocycles. The SMILES string of the molecule is O=S(=O)(O)O.[CH2-]C(C)CCCCCCCCCCCCC.[Na+]. The monoisotopic (exact) mass is 346 g/mol. The third-order valence-corrected chi connectivity index (χ3v) is 3.30. The fourth-order valence-electron chi connectivity index (χ4n) is 2.16. The van der Waals surface area contributed by atoms with Gasteiger partial charge >= 0.3 is 40.0 Å². The van der Waals surface area contributed by atoms with Crippen LogP contribution in [0, 0.1) is 12.8 Å². The summed E-state index contributed by atoms with van der Waals surface area (Å²) >= 11 is 0.